The van der Waals surface area contributed by atoms with E-state index in [4.69, 9.17) is 5.11 Å². The monoisotopic (exact) mass is 258 g/mol. The number of rotatable bonds is 3. The van der Waals surface area contributed by atoms with Crippen LogP contribution in [-0.4, -0.2) is 40.1 Å². The molecule has 1 aromatic heterocycles. The SMILES string of the molecule is CC(C(=O)O)N1CCC(c2c[nH]c3ccccc23)C1. The quantitative estimate of drug-likeness (QED) is 0.889. The maximum atomic E-state index is 11.0. The summed E-state index contributed by atoms with van der Waals surface area (Å²) in [5.74, 6) is -0.308. The van der Waals surface area contributed by atoms with Crippen molar-refractivity contribution in [3.05, 3.63) is 36.0 Å². The Morgan fingerprint density at radius 1 is 1.47 bits per heavy atom. The number of carboxylic acid groups (broad SMARTS) is 1. The topological polar surface area (TPSA) is 56.3 Å². The molecule has 0 radical (unpaired) electrons. The zero-order valence-corrected chi connectivity index (χ0v) is 11.0. The van der Waals surface area contributed by atoms with Crippen LogP contribution in [0.2, 0.25) is 0 Å². The molecule has 4 heteroatoms. The number of para-hydroxylation sites is 1. The average molecular weight is 258 g/mol. The Morgan fingerprint density at radius 3 is 3.05 bits per heavy atom. The van der Waals surface area contributed by atoms with Gasteiger partial charge in [-0.3, -0.25) is 9.69 Å². The summed E-state index contributed by atoms with van der Waals surface area (Å²) in [6.45, 7) is 3.45. The number of carboxylic acids is 1. The molecule has 0 bridgehead atoms. The van der Waals surface area contributed by atoms with Gasteiger partial charge in [-0.05, 0) is 37.4 Å². The van der Waals surface area contributed by atoms with E-state index in [0.717, 1.165) is 25.0 Å². The second-order valence-corrected chi connectivity index (χ2v) is 5.28. The summed E-state index contributed by atoms with van der Waals surface area (Å²) in [4.78, 5) is 16.4. The summed E-state index contributed by atoms with van der Waals surface area (Å²) in [5.41, 5.74) is 2.47. The van der Waals surface area contributed by atoms with Gasteiger partial charge in [0.1, 0.15) is 6.04 Å². The van der Waals surface area contributed by atoms with Gasteiger partial charge in [-0.25, -0.2) is 0 Å². The van der Waals surface area contributed by atoms with Crippen LogP contribution in [0.15, 0.2) is 30.5 Å². The Morgan fingerprint density at radius 2 is 2.26 bits per heavy atom. The molecule has 1 aliphatic heterocycles. The van der Waals surface area contributed by atoms with Gasteiger partial charge in [0.05, 0.1) is 0 Å². The fourth-order valence-corrected chi connectivity index (χ4v) is 2.98. The first-order valence-electron chi connectivity index (χ1n) is 6.69. The van der Waals surface area contributed by atoms with E-state index in [1.165, 1.54) is 10.9 Å². The summed E-state index contributed by atoms with van der Waals surface area (Å²) in [7, 11) is 0. The second kappa shape index (κ2) is 4.70. The molecule has 4 nitrogen and oxygen atoms in total. The first kappa shape index (κ1) is 12.2. The number of carbonyl (C=O) groups is 1. The molecule has 3 rings (SSSR count). The minimum Gasteiger partial charge on any atom is -0.480 e. The lowest BCUT2D eigenvalue weighted by molar-refractivity contribution is -0.142. The predicted octanol–water partition coefficient (Wildman–Crippen LogP) is 2.43. The Balaban J connectivity index is 1.83. The number of nitrogens with one attached hydrogen (secondary N) is 1. The largest absolute Gasteiger partial charge is 0.480 e. The van der Waals surface area contributed by atoms with Crippen LogP contribution in [0.1, 0.15) is 24.8 Å². The fourth-order valence-electron chi connectivity index (χ4n) is 2.98. The smallest absolute Gasteiger partial charge is 0.320 e. The minimum atomic E-state index is -0.737. The van der Waals surface area contributed by atoms with Crippen molar-refractivity contribution in [1.82, 2.24) is 9.88 Å². The summed E-state index contributed by atoms with van der Waals surface area (Å²) < 4.78 is 0. The third-order valence-electron chi connectivity index (χ3n) is 4.19. The Kier molecular flexibility index (Phi) is 3.03. The van der Waals surface area contributed by atoms with E-state index >= 15 is 0 Å². The van der Waals surface area contributed by atoms with E-state index in [0.29, 0.717) is 5.92 Å². The average Bonchev–Trinajstić information content (AvgIpc) is 3.03. The van der Waals surface area contributed by atoms with E-state index in [1.54, 1.807) is 6.92 Å². The summed E-state index contributed by atoms with van der Waals surface area (Å²) in [6, 6.07) is 7.88. The van der Waals surface area contributed by atoms with E-state index in [2.05, 4.69) is 28.2 Å². The zero-order chi connectivity index (χ0) is 13.4. The van der Waals surface area contributed by atoms with Gasteiger partial charge in [0.2, 0.25) is 0 Å². The van der Waals surface area contributed by atoms with E-state index < -0.39 is 12.0 Å². The molecule has 2 unspecified atom stereocenters. The molecule has 0 spiro atoms. The maximum absolute atomic E-state index is 11.0. The second-order valence-electron chi connectivity index (χ2n) is 5.28. The number of fused-ring (bicyclic) bond motifs is 1. The number of aromatic amines is 1. The first-order valence-corrected chi connectivity index (χ1v) is 6.69. The lowest BCUT2D eigenvalue weighted by Gasteiger charge is -2.20. The summed E-state index contributed by atoms with van der Waals surface area (Å²) in [6.07, 6.45) is 3.10. The molecule has 19 heavy (non-hydrogen) atoms. The molecule has 2 aromatic rings. The van der Waals surface area contributed by atoms with E-state index in [9.17, 15) is 4.79 Å². The van der Waals surface area contributed by atoms with Gasteiger partial charge < -0.3 is 10.1 Å². The highest BCUT2D eigenvalue weighted by atomic mass is 16.4. The Bertz CT molecular complexity index is 605. The van der Waals surface area contributed by atoms with Crippen LogP contribution in [0.4, 0.5) is 0 Å². The minimum absolute atomic E-state index is 0.393. The molecule has 0 saturated carbocycles. The number of benzene rings is 1. The number of hydrogen-bond donors (Lipinski definition) is 2. The molecule has 1 saturated heterocycles. The van der Waals surface area contributed by atoms with Gasteiger partial charge in [-0.15, -0.1) is 0 Å². The van der Waals surface area contributed by atoms with Gasteiger partial charge in [-0.1, -0.05) is 18.2 Å². The Hall–Kier alpha value is -1.81. The van der Waals surface area contributed by atoms with Crippen LogP contribution in [0, 0.1) is 0 Å². The lowest BCUT2D eigenvalue weighted by atomic mass is 9.98. The van der Waals surface area contributed by atoms with Crippen LogP contribution in [-0.2, 0) is 4.79 Å². The highest BCUT2D eigenvalue weighted by Crippen LogP contribution is 2.33. The number of aromatic nitrogens is 1. The molecular weight excluding hydrogens is 240 g/mol. The van der Waals surface area contributed by atoms with Crippen LogP contribution in [0.25, 0.3) is 10.9 Å². The number of H-pyrrole nitrogens is 1. The summed E-state index contributed by atoms with van der Waals surface area (Å²) in [5, 5.41) is 10.3. The standard InChI is InChI=1S/C15H18N2O2/c1-10(15(18)19)17-7-6-11(9-17)13-8-16-14-5-3-2-4-12(13)14/h2-5,8,10-11,16H,6-7,9H2,1H3,(H,18,19). The normalized spacial score (nSPS) is 21.8. The van der Waals surface area contributed by atoms with Crippen molar-refractivity contribution >= 4 is 16.9 Å². The van der Waals surface area contributed by atoms with Crippen LogP contribution >= 0.6 is 0 Å². The fraction of sp³-hybridized carbons (Fsp3) is 0.400. The van der Waals surface area contributed by atoms with Crippen molar-refractivity contribution in [3.63, 3.8) is 0 Å². The van der Waals surface area contributed by atoms with E-state index in [1.807, 2.05) is 12.1 Å². The zero-order valence-electron chi connectivity index (χ0n) is 11.0. The van der Waals surface area contributed by atoms with Gasteiger partial charge in [-0.2, -0.15) is 0 Å². The molecule has 0 amide bonds. The molecule has 2 atom stereocenters. The van der Waals surface area contributed by atoms with Crippen molar-refractivity contribution in [2.75, 3.05) is 13.1 Å². The third kappa shape index (κ3) is 2.12. The Labute approximate surface area is 112 Å². The van der Waals surface area contributed by atoms with Crippen molar-refractivity contribution in [3.8, 4) is 0 Å². The third-order valence-corrected chi connectivity index (χ3v) is 4.19. The molecular formula is C15H18N2O2. The number of likely N-dealkylation sites (tertiary alicyclic amines) is 1. The molecule has 1 aromatic carbocycles. The predicted molar refractivity (Wildman–Crippen MR) is 74.3 cm³/mol. The van der Waals surface area contributed by atoms with Crippen LogP contribution < -0.4 is 0 Å². The highest BCUT2D eigenvalue weighted by Gasteiger charge is 2.31. The number of hydrogen-bond acceptors (Lipinski definition) is 2. The van der Waals surface area contributed by atoms with Crippen molar-refractivity contribution in [2.24, 2.45) is 0 Å². The number of nitrogens with zero attached hydrogens (tertiary/aromatic N) is 1. The molecule has 0 aliphatic carbocycles. The lowest BCUT2D eigenvalue weighted by Crippen LogP contribution is -2.37. The molecule has 100 valence electrons. The van der Waals surface area contributed by atoms with Crippen molar-refractivity contribution in [2.45, 2.75) is 25.3 Å². The molecule has 2 heterocycles. The number of aliphatic carboxylic acids is 1. The molecule has 1 fully saturated rings. The maximum Gasteiger partial charge on any atom is 0.320 e. The van der Waals surface area contributed by atoms with E-state index in [-0.39, 0.29) is 0 Å². The van der Waals surface area contributed by atoms with Gasteiger partial charge >= 0.3 is 5.97 Å². The first-order chi connectivity index (χ1) is 9.16. The molecule has 1 aliphatic rings. The molecule has 2 N–H and O–H groups in total. The van der Waals surface area contributed by atoms with Crippen molar-refractivity contribution < 1.29 is 9.90 Å². The van der Waals surface area contributed by atoms with Gasteiger partial charge in [0.15, 0.2) is 0 Å². The van der Waals surface area contributed by atoms with Crippen molar-refractivity contribution in [1.29, 1.82) is 0 Å². The van der Waals surface area contributed by atoms with Gasteiger partial charge in [0.25, 0.3) is 0 Å². The highest BCUT2D eigenvalue weighted by molar-refractivity contribution is 5.83. The van der Waals surface area contributed by atoms with Crippen LogP contribution in [0.5, 0.6) is 0 Å². The summed E-state index contributed by atoms with van der Waals surface area (Å²) >= 11 is 0. The van der Waals surface area contributed by atoms with Gasteiger partial charge in [0, 0.05) is 23.6 Å². The van der Waals surface area contributed by atoms with Crippen LogP contribution in [0.3, 0.4) is 0 Å².